The number of hydrazine groups is 1. The van der Waals surface area contributed by atoms with E-state index in [1.54, 1.807) is 29.3 Å². The van der Waals surface area contributed by atoms with Crippen molar-refractivity contribution in [3.05, 3.63) is 54.6 Å². The van der Waals surface area contributed by atoms with Gasteiger partial charge in [-0.05, 0) is 24.3 Å². The van der Waals surface area contributed by atoms with E-state index in [1.165, 1.54) is 0 Å². The highest BCUT2D eigenvalue weighted by Crippen LogP contribution is 2.27. The molecule has 1 unspecified atom stereocenters. The van der Waals surface area contributed by atoms with Crippen LogP contribution < -0.4 is 15.1 Å². The first-order valence-electron chi connectivity index (χ1n) is 8.13. The van der Waals surface area contributed by atoms with E-state index in [2.05, 4.69) is 5.32 Å². The monoisotopic (exact) mass is 339 g/mol. The van der Waals surface area contributed by atoms with Crippen LogP contribution in [0.5, 0.6) is 5.75 Å². The van der Waals surface area contributed by atoms with Gasteiger partial charge in [-0.3, -0.25) is 19.6 Å². The summed E-state index contributed by atoms with van der Waals surface area (Å²) in [6.45, 7) is 0.352. The molecule has 6 heteroatoms. The van der Waals surface area contributed by atoms with Gasteiger partial charge in [0.25, 0.3) is 0 Å². The number of carbonyl (C=O) groups is 2. The van der Waals surface area contributed by atoms with Gasteiger partial charge in [-0.1, -0.05) is 30.3 Å². The molecule has 25 heavy (non-hydrogen) atoms. The molecule has 2 aromatic rings. The first-order chi connectivity index (χ1) is 12.1. The third-order valence-electron chi connectivity index (χ3n) is 4.33. The molecule has 1 heterocycles. The van der Waals surface area contributed by atoms with Gasteiger partial charge in [0.15, 0.2) is 0 Å². The molecule has 0 saturated carbocycles. The number of amides is 2. The van der Waals surface area contributed by atoms with Gasteiger partial charge in [0.05, 0.1) is 30.9 Å². The summed E-state index contributed by atoms with van der Waals surface area (Å²) >= 11 is 0. The maximum atomic E-state index is 12.6. The topological polar surface area (TPSA) is 61.9 Å². The Morgan fingerprint density at radius 3 is 2.56 bits per heavy atom. The predicted octanol–water partition coefficient (Wildman–Crippen LogP) is 2.53. The zero-order valence-corrected chi connectivity index (χ0v) is 14.3. The number of hydrogen-bond donors (Lipinski definition) is 1. The lowest BCUT2D eigenvalue weighted by molar-refractivity contribution is -0.128. The highest BCUT2D eigenvalue weighted by molar-refractivity contribution is 5.98. The lowest BCUT2D eigenvalue weighted by atomic mass is 10.1. The van der Waals surface area contributed by atoms with Gasteiger partial charge in [-0.15, -0.1) is 0 Å². The summed E-state index contributed by atoms with van der Waals surface area (Å²) in [5, 5.41) is 6.27. The third-order valence-corrected chi connectivity index (χ3v) is 4.33. The van der Waals surface area contributed by atoms with E-state index in [9.17, 15) is 9.59 Å². The smallest absolute Gasteiger partial charge is 0.241 e. The largest absolute Gasteiger partial charge is 0.495 e. The van der Waals surface area contributed by atoms with E-state index in [-0.39, 0.29) is 18.2 Å². The number of nitrogens with zero attached hydrogens (tertiary/aromatic N) is 2. The summed E-state index contributed by atoms with van der Waals surface area (Å²) in [6, 6.07) is 16.8. The summed E-state index contributed by atoms with van der Waals surface area (Å²) in [4.78, 5) is 24.9. The van der Waals surface area contributed by atoms with Crippen LogP contribution in [0.25, 0.3) is 0 Å². The Morgan fingerprint density at radius 2 is 1.84 bits per heavy atom. The Bertz CT molecular complexity index is 764. The van der Waals surface area contributed by atoms with Crippen LogP contribution in [0.4, 0.5) is 11.4 Å². The van der Waals surface area contributed by atoms with E-state index < -0.39 is 5.92 Å². The van der Waals surface area contributed by atoms with Crippen molar-refractivity contribution in [1.82, 2.24) is 5.01 Å². The molecule has 2 aromatic carbocycles. The summed E-state index contributed by atoms with van der Waals surface area (Å²) < 4.78 is 5.25. The number of nitrogens with one attached hydrogen (secondary N) is 1. The molecule has 1 aliphatic heterocycles. The minimum atomic E-state index is -0.399. The zero-order chi connectivity index (χ0) is 17.8. The van der Waals surface area contributed by atoms with Crippen molar-refractivity contribution in [3.8, 4) is 5.75 Å². The minimum absolute atomic E-state index is 0.0634. The van der Waals surface area contributed by atoms with Crippen LogP contribution in [0, 0.1) is 5.92 Å². The fourth-order valence-corrected chi connectivity index (χ4v) is 2.92. The van der Waals surface area contributed by atoms with Gasteiger partial charge in [0, 0.05) is 13.5 Å². The maximum Gasteiger partial charge on any atom is 0.241 e. The molecular weight excluding hydrogens is 318 g/mol. The number of ether oxygens (including phenoxy) is 1. The lowest BCUT2D eigenvalue weighted by Crippen LogP contribution is -2.41. The molecule has 6 nitrogen and oxygen atoms in total. The molecule has 0 spiro atoms. The normalized spacial score (nSPS) is 16.6. The molecule has 0 aliphatic carbocycles. The summed E-state index contributed by atoms with van der Waals surface area (Å²) in [7, 11) is 3.38. The van der Waals surface area contributed by atoms with Crippen LogP contribution in [0.2, 0.25) is 0 Å². The average Bonchev–Trinajstić information content (AvgIpc) is 3.04. The molecule has 1 fully saturated rings. The molecule has 1 N–H and O–H groups in total. The van der Waals surface area contributed by atoms with Crippen molar-refractivity contribution >= 4 is 23.2 Å². The number of benzene rings is 2. The lowest BCUT2D eigenvalue weighted by Gasteiger charge is -2.30. The Labute approximate surface area is 147 Å². The second kappa shape index (κ2) is 7.25. The van der Waals surface area contributed by atoms with E-state index in [0.717, 1.165) is 5.69 Å². The standard InChI is InChI=1S/C19H21N3O3/c1-21(15-8-4-3-5-9-15)22-13-14(12-18(22)23)19(24)20-16-10-6-7-11-17(16)25-2/h3-11,14H,12-13H2,1-2H3,(H,20,24). The molecule has 3 rings (SSSR count). The van der Waals surface area contributed by atoms with Crippen LogP contribution in [0.3, 0.4) is 0 Å². The number of anilines is 2. The van der Waals surface area contributed by atoms with Crippen LogP contribution in [-0.2, 0) is 9.59 Å². The second-order valence-electron chi connectivity index (χ2n) is 5.93. The minimum Gasteiger partial charge on any atom is -0.495 e. The molecule has 130 valence electrons. The quantitative estimate of drug-likeness (QED) is 0.909. The Hall–Kier alpha value is -3.02. The predicted molar refractivity (Wildman–Crippen MR) is 96.3 cm³/mol. The van der Waals surface area contributed by atoms with Crippen molar-refractivity contribution in [1.29, 1.82) is 0 Å². The van der Waals surface area contributed by atoms with Crippen LogP contribution in [0.15, 0.2) is 54.6 Å². The van der Waals surface area contributed by atoms with Crippen LogP contribution in [0.1, 0.15) is 6.42 Å². The fourth-order valence-electron chi connectivity index (χ4n) is 2.92. The Kier molecular flexibility index (Phi) is 4.88. The molecule has 1 atom stereocenters. The van der Waals surface area contributed by atoms with Crippen molar-refractivity contribution < 1.29 is 14.3 Å². The number of para-hydroxylation sites is 3. The van der Waals surface area contributed by atoms with Gasteiger partial charge in [0.2, 0.25) is 11.8 Å². The van der Waals surface area contributed by atoms with Gasteiger partial charge in [-0.25, -0.2) is 0 Å². The number of carbonyl (C=O) groups excluding carboxylic acids is 2. The van der Waals surface area contributed by atoms with Gasteiger partial charge in [-0.2, -0.15) is 0 Å². The average molecular weight is 339 g/mol. The van der Waals surface area contributed by atoms with Crippen LogP contribution >= 0.6 is 0 Å². The fraction of sp³-hybridized carbons (Fsp3) is 0.263. The maximum absolute atomic E-state index is 12.6. The molecule has 0 bridgehead atoms. The zero-order valence-electron chi connectivity index (χ0n) is 14.3. The first kappa shape index (κ1) is 16.8. The molecule has 1 saturated heterocycles. The summed E-state index contributed by atoms with van der Waals surface area (Å²) in [5.41, 5.74) is 1.51. The third kappa shape index (κ3) is 3.57. The molecule has 0 radical (unpaired) electrons. The molecular formula is C19H21N3O3. The van der Waals surface area contributed by atoms with E-state index in [1.807, 2.05) is 49.5 Å². The molecule has 2 amide bonds. The number of hydrogen-bond acceptors (Lipinski definition) is 4. The summed E-state index contributed by atoms with van der Waals surface area (Å²) in [6.07, 6.45) is 0.193. The van der Waals surface area contributed by atoms with Crippen molar-refractivity contribution in [3.63, 3.8) is 0 Å². The van der Waals surface area contributed by atoms with E-state index in [4.69, 9.17) is 4.74 Å². The second-order valence-corrected chi connectivity index (χ2v) is 5.93. The van der Waals surface area contributed by atoms with Gasteiger partial charge in [0.1, 0.15) is 5.75 Å². The van der Waals surface area contributed by atoms with Gasteiger partial charge >= 0.3 is 0 Å². The van der Waals surface area contributed by atoms with Gasteiger partial charge < -0.3 is 10.1 Å². The van der Waals surface area contributed by atoms with E-state index in [0.29, 0.717) is 18.0 Å². The highest BCUT2D eigenvalue weighted by Gasteiger charge is 2.36. The van der Waals surface area contributed by atoms with Crippen molar-refractivity contribution in [2.45, 2.75) is 6.42 Å². The van der Waals surface area contributed by atoms with E-state index >= 15 is 0 Å². The van der Waals surface area contributed by atoms with Crippen molar-refractivity contribution in [2.24, 2.45) is 5.92 Å². The Balaban J connectivity index is 1.68. The highest BCUT2D eigenvalue weighted by atomic mass is 16.5. The first-order valence-corrected chi connectivity index (χ1v) is 8.13. The van der Waals surface area contributed by atoms with Crippen molar-refractivity contribution in [2.75, 3.05) is 31.0 Å². The number of rotatable bonds is 5. The number of methoxy groups -OCH3 is 1. The summed E-state index contributed by atoms with van der Waals surface area (Å²) in [5.74, 6) is -0.0460. The SMILES string of the molecule is COc1ccccc1NC(=O)C1CC(=O)N(N(C)c2ccccc2)C1. The Morgan fingerprint density at radius 1 is 1.16 bits per heavy atom. The molecule has 1 aliphatic rings. The van der Waals surface area contributed by atoms with Crippen LogP contribution in [-0.4, -0.2) is 37.5 Å². The molecule has 0 aromatic heterocycles.